The second-order valence-corrected chi connectivity index (χ2v) is 8.95. The van der Waals surface area contributed by atoms with Gasteiger partial charge in [0.25, 0.3) is 0 Å². The molecule has 2 aromatic carbocycles. The van der Waals surface area contributed by atoms with Crippen molar-refractivity contribution in [3.63, 3.8) is 0 Å². The minimum atomic E-state index is -0.877. The van der Waals surface area contributed by atoms with E-state index in [1.807, 2.05) is 12.1 Å². The number of rotatable bonds is 8. The number of amides is 2. The van der Waals surface area contributed by atoms with Gasteiger partial charge in [-0.05, 0) is 54.7 Å². The highest BCUT2D eigenvalue weighted by Crippen LogP contribution is 2.25. The molecule has 0 heterocycles. The zero-order chi connectivity index (χ0) is 22.9. The van der Waals surface area contributed by atoms with Crippen LogP contribution in [0.25, 0.3) is 0 Å². The van der Waals surface area contributed by atoms with Gasteiger partial charge in [-0.3, -0.25) is 9.59 Å². The maximum atomic E-state index is 13.6. The third-order valence-corrected chi connectivity index (χ3v) is 6.42. The Kier molecular flexibility index (Phi) is 9.36. The van der Waals surface area contributed by atoms with Gasteiger partial charge in [0.15, 0.2) is 0 Å². The van der Waals surface area contributed by atoms with E-state index in [1.54, 1.807) is 24.3 Å². The lowest BCUT2D eigenvalue weighted by Crippen LogP contribution is -2.47. The van der Waals surface area contributed by atoms with Gasteiger partial charge in [-0.2, -0.15) is 0 Å². The summed E-state index contributed by atoms with van der Waals surface area (Å²) in [4.78, 5) is 27.8. The Bertz CT molecular complexity index is 882. The molecule has 2 amide bonds. The van der Waals surface area contributed by atoms with Gasteiger partial charge in [0.05, 0.1) is 0 Å². The molecule has 1 atom stereocenters. The van der Waals surface area contributed by atoms with Crippen LogP contribution in [0.5, 0.6) is 0 Å². The van der Waals surface area contributed by atoms with Crippen molar-refractivity contribution in [2.75, 3.05) is 12.4 Å². The van der Waals surface area contributed by atoms with Crippen molar-refractivity contribution in [2.45, 2.75) is 57.0 Å². The Morgan fingerprint density at radius 3 is 2.22 bits per heavy atom. The lowest BCUT2D eigenvalue weighted by Gasteiger charge is -2.32. The van der Waals surface area contributed by atoms with E-state index in [9.17, 15) is 14.0 Å². The lowest BCUT2D eigenvalue weighted by atomic mass is 10.0. The Morgan fingerprint density at radius 1 is 1.00 bits per heavy atom. The molecule has 172 valence electrons. The maximum absolute atomic E-state index is 13.6. The molecule has 7 heteroatoms. The molecule has 1 aliphatic rings. The highest BCUT2D eigenvalue weighted by Gasteiger charge is 2.32. The third kappa shape index (κ3) is 6.94. The van der Waals surface area contributed by atoms with Gasteiger partial charge in [-0.1, -0.05) is 61.5 Å². The number of hydrogen-bond acceptors (Lipinski definition) is 2. The Morgan fingerprint density at radius 2 is 1.62 bits per heavy atom. The SMILES string of the molecule is O=C(NC1CCCCCC1)C(c1ccc(F)cc1)N(CCc1ccc(Cl)cc1)C(=O)CCl. The largest absolute Gasteiger partial charge is 0.351 e. The van der Waals surface area contributed by atoms with Crippen LogP contribution in [0.1, 0.15) is 55.7 Å². The summed E-state index contributed by atoms with van der Waals surface area (Å²) in [6.07, 6.45) is 6.89. The Labute approximate surface area is 199 Å². The second kappa shape index (κ2) is 12.2. The molecule has 4 nitrogen and oxygen atoms in total. The highest BCUT2D eigenvalue weighted by molar-refractivity contribution is 6.30. The molecule has 0 saturated heterocycles. The predicted octanol–water partition coefficient (Wildman–Crippen LogP) is 5.67. The first-order chi connectivity index (χ1) is 15.5. The average molecular weight is 479 g/mol. The Balaban J connectivity index is 1.85. The van der Waals surface area contributed by atoms with Gasteiger partial charge in [0.1, 0.15) is 17.7 Å². The fraction of sp³-hybridized carbons (Fsp3) is 0.440. The van der Waals surface area contributed by atoms with Crippen molar-refractivity contribution in [1.82, 2.24) is 10.2 Å². The first-order valence-corrected chi connectivity index (χ1v) is 12.0. The van der Waals surface area contributed by atoms with Crippen LogP contribution in [0.2, 0.25) is 5.02 Å². The summed E-state index contributed by atoms with van der Waals surface area (Å²) in [6.45, 7) is 0.299. The van der Waals surface area contributed by atoms with Gasteiger partial charge in [-0.25, -0.2) is 4.39 Å². The molecule has 1 saturated carbocycles. The summed E-state index contributed by atoms with van der Waals surface area (Å²) in [5.74, 6) is -1.23. The fourth-order valence-electron chi connectivity index (χ4n) is 4.20. The molecule has 32 heavy (non-hydrogen) atoms. The second-order valence-electron chi connectivity index (χ2n) is 8.25. The molecule has 1 N–H and O–H groups in total. The van der Waals surface area contributed by atoms with E-state index >= 15 is 0 Å². The summed E-state index contributed by atoms with van der Waals surface area (Å²) in [7, 11) is 0. The van der Waals surface area contributed by atoms with Gasteiger partial charge in [-0.15, -0.1) is 11.6 Å². The molecule has 2 aromatic rings. The molecular formula is C25H29Cl2FN2O2. The van der Waals surface area contributed by atoms with E-state index in [-0.39, 0.29) is 23.7 Å². The van der Waals surface area contributed by atoms with Crippen LogP contribution >= 0.6 is 23.2 Å². The molecule has 0 aliphatic heterocycles. The highest BCUT2D eigenvalue weighted by atomic mass is 35.5. The van der Waals surface area contributed by atoms with Crippen LogP contribution in [0.15, 0.2) is 48.5 Å². The number of nitrogens with zero attached hydrogens (tertiary/aromatic N) is 1. The first kappa shape index (κ1) is 24.5. The molecule has 3 rings (SSSR count). The molecule has 0 spiro atoms. The third-order valence-electron chi connectivity index (χ3n) is 5.94. The van der Waals surface area contributed by atoms with Crippen molar-refractivity contribution >= 4 is 35.0 Å². The number of halogens is 3. The molecule has 1 fully saturated rings. The van der Waals surface area contributed by atoms with Crippen LogP contribution in [-0.2, 0) is 16.0 Å². The van der Waals surface area contributed by atoms with E-state index in [0.29, 0.717) is 23.6 Å². The minimum Gasteiger partial charge on any atom is -0.351 e. The maximum Gasteiger partial charge on any atom is 0.247 e. The minimum absolute atomic E-state index is 0.0807. The summed E-state index contributed by atoms with van der Waals surface area (Å²) < 4.78 is 13.6. The average Bonchev–Trinajstić information content (AvgIpc) is 3.06. The van der Waals surface area contributed by atoms with Gasteiger partial charge < -0.3 is 10.2 Å². The molecule has 0 radical (unpaired) electrons. The number of hydrogen-bond donors (Lipinski definition) is 1. The number of alkyl halides is 1. The smallest absolute Gasteiger partial charge is 0.247 e. The van der Waals surface area contributed by atoms with Crippen LogP contribution in [0, 0.1) is 5.82 Å². The lowest BCUT2D eigenvalue weighted by molar-refractivity contribution is -0.139. The van der Waals surface area contributed by atoms with Gasteiger partial charge in [0.2, 0.25) is 11.8 Å². The van der Waals surface area contributed by atoms with E-state index < -0.39 is 11.9 Å². The van der Waals surface area contributed by atoms with Gasteiger partial charge in [0, 0.05) is 17.6 Å². The molecular weight excluding hydrogens is 450 g/mol. The zero-order valence-electron chi connectivity index (χ0n) is 18.0. The monoisotopic (exact) mass is 478 g/mol. The normalized spacial score (nSPS) is 15.6. The van der Waals surface area contributed by atoms with Crippen LogP contribution in [0.4, 0.5) is 4.39 Å². The quantitative estimate of drug-likeness (QED) is 0.392. The van der Waals surface area contributed by atoms with Crippen molar-refractivity contribution in [2.24, 2.45) is 0 Å². The molecule has 0 bridgehead atoms. The van der Waals surface area contributed by atoms with Crippen molar-refractivity contribution in [3.05, 3.63) is 70.5 Å². The number of carbonyl (C=O) groups excluding carboxylic acids is 2. The summed E-state index contributed by atoms with van der Waals surface area (Å²) >= 11 is 11.9. The van der Waals surface area contributed by atoms with E-state index in [1.165, 1.54) is 29.9 Å². The van der Waals surface area contributed by atoms with E-state index in [0.717, 1.165) is 31.2 Å². The standard InChI is InChI=1S/C25H29Cl2FN2O2/c26-17-23(31)30(16-15-18-7-11-20(27)12-8-18)24(19-9-13-21(28)14-10-19)25(32)29-22-5-3-1-2-4-6-22/h7-14,22,24H,1-6,15-17H2,(H,29,32). The zero-order valence-corrected chi connectivity index (χ0v) is 19.5. The van der Waals surface area contributed by atoms with Crippen molar-refractivity contribution < 1.29 is 14.0 Å². The summed E-state index contributed by atoms with van der Waals surface area (Å²) in [6, 6.07) is 12.3. The fourth-order valence-corrected chi connectivity index (χ4v) is 4.48. The van der Waals surface area contributed by atoms with Gasteiger partial charge >= 0.3 is 0 Å². The van der Waals surface area contributed by atoms with E-state index in [4.69, 9.17) is 23.2 Å². The van der Waals surface area contributed by atoms with E-state index in [2.05, 4.69) is 5.32 Å². The Hall–Kier alpha value is -2.11. The number of benzene rings is 2. The summed E-state index contributed by atoms with van der Waals surface area (Å²) in [5.41, 5.74) is 1.55. The summed E-state index contributed by atoms with van der Waals surface area (Å²) in [5, 5.41) is 3.78. The van der Waals surface area contributed by atoms with Crippen LogP contribution in [0.3, 0.4) is 0 Å². The molecule has 0 aromatic heterocycles. The topological polar surface area (TPSA) is 49.4 Å². The first-order valence-electron chi connectivity index (χ1n) is 11.1. The van der Waals surface area contributed by atoms with Crippen molar-refractivity contribution in [1.29, 1.82) is 0 Å². The van der Waals surface area contributed by atoms with Crippen molar-refractivity contribution in [3.8, 4) is 0 Å². The predicted molar refractivity (Wildman–Crippen MR) is 126 cm³/mol. The molecule has 1 aliphatic carbocycles. The number of carbonyl (C=O) groups is 2. The van der Waals surface area contributed by atoms with Crippen LogP contribution in [-0.4, -0.2) is 35.2 Å². The number of nitrogens with one attached hydrogen (secondary N) is 1. The van der Waals surface area contributed by atoms with Crippen LogP contribution < -0.4 is 5.32 Å². The molecule has 1 unspecified atom stereocenters.